The summed E-state index contributed by atoms with van der Waals surface area (Å²) in [4.78, 5) is 15.8. The molecule has 0 saturated carbocycles. The first-order valence-electron chi connectivity index (χ1n) is 6.14. The van der Waals surface area contributed by atoms with Crippen LogP contribution in [0.2, 0.25) is 0 Å². The maximum atomic E-state index is 13.1. The fourth-order valence-corrected chi connectivity index (χ4v) is 1.87. The standard InChI is InChI=1S/C15H15FN2O2/c1-15(10-19,12-5-3-2-4-6-12)18-14(20)11-7-13(16)9-17-8-11/h2-9,19H,10H2,1H3,(H,18,20). The number of hydrogen-bond acceptors (Lipinski definition) is 3. The van der Waals surface area contributed by atoms with Gasteiger partial charge in [-0.15, -0.1) is 0 Å². The highest BCUT2D eigenvalue weighted by Gasteiger charge is 2.28. The van der Waals surface area contributed by atoms with Crippen LogP contribution in [-0.2, 0) is 5.54 Å². The van der Waals surface area contributed by atoms with E-state index in [1.807, 2.05) is 18.2 Å². The Kier molecular flexibility index (Phi) is 4.10. The molecule has 1 unspecified atom stereocenters. The highest BCUT2D eigenvalue weighted by Crippen LogP contribution is 2.20. The Labute approximate surface area is 116 Å². The Bertz CT molecular complexity index is 604. The number of hydrogen-bond donors (Lipinski definition) is 2. The van der Waals surface area contributed by atoms with E-state index in [9.17, 15) is 14.3 Å². The molecule has 0 spiro atoms. The summed E-state index contributed by atoms with van der Waals surface area (Å²) < 4.78 is 13.1. The number of carbonyl (C=O) groups is 1. The SMILES string of the molecule is CC(CO)(NC(=O)c1cncc(F)c1)c1ccccc1. The molecule has 2 N–H and O–H groups in total. The van der Waals surface area contributed by atoms with Gasteiger partial charge in [0.1, 0.15) is 5.82 Å². The van der Waals surface area contributed by atoms with E-state index in [0.29, 0.717) is 0 Å². The van der Waals surface area contributed by atoms with Crippen molar-refractivity contribution in [3.63, 3.8) is 0 Å². The van der Waals surface area contributed by atoms with Crippen LogP contribution in [0.25, 0.3) is 0 Å². The zero-order valence-electron chi connectivity index (χ0n) is 11.0. The molecule has 0 saturated heterocycles. The van der Waals surface area contributed by atoms with Crippen LogP contribution >= 0.6 is 0 Å². The number of nitrogens with one attached hydrogen (secondary N) is 1. The predicted molar refractivity (Wildman–Crippen MR) is 72.5 cm³/mol. The molecule has 1 heterocycles. The smallest absolute Gasteiger partial charge is 0.253 e. The molecule has 2 rings (SSSR count). The van der Waals surface area contributed by atoms with Gasteiger partial charge in [-0.3, -0.25) is 9.78 Å². The first-order chi connectivity index (χ1) is 9.55. The Hall–Kier alpha value is -2.27. The molecule has 0 aliphatic carbocycles. The van der Waals surface area contributed by atoms with Crippen LogP contribution in [0.1, 0.15) is 22.8 Å². The molecule has 20 heavy (non-hydrogen) atoms. The average Bonchev–Trinajstić information content (AvgIpc) is 2.48. The molecular weight excluding hydrogens is 259 g/mol. The van der Waals surface area contributed by atoms with Crippen LogP contribution in [0.4, 0.5) is 4.39 Å². The van der Waals surface area contributed by atoms with E-state index in [2.05, 4.69) is 10.3 Å². The number of aliphatic hydroxyl groups is 1. The third-order valence-electron chi connectivity index (χ3n) is 3.08. The molecule has 1 aromatic heterocycles. The zero-order valence-corrected chi connectivity index (χ0v) is 11.0. The second-order valence-corrected chi connectivity index (χ2v) is 4.70. The molecule has 1 amide bonds. The Balaban J connectivity index is 2.24. The number of halogens is 1. The first-order valence-corrected chi connectivity index (χ1v) is 6.14. The molecule has 0 radical (unpaired) electrons. The molecule has 104 valence electrons. The van der Waals surface area contributed by atoms with Gasteiger partial charge in [0, 0.05) is 6.20 Å². The molecule has 1 atom stereocenters. The van der Waals surface area contributed by atoms with Crippen molar-refractivity contribution in [1.82, 2.24) is 10.3 Å². The van der Waals surface area contributed by atoms with E-state index in [-0.39, 0.29) is 12.2 Å². The van der Waals surface area contributed by atoms with Gasteiger partial charge in [0.15, 0.2) is 0 Å². The summed E-state index contributed by atoms with van der Waals surface area (Å²) in [6.45, 7) is 1.43. The second-order valence-electron chi connectivity index (χ2n) is 4.70. The van der Waals surface area contributed by atoms with Gasteiger partial charge in [0.25, 0.3) is 5.91 Å². The van der Waals surface area contributed by atoms with Crippen LogP contribution in [0, 0.1) is 5.82 Å². The first kappa shape index (κ1) is 14.1. The van der Waals surface area contributed by atoms with Crippen LogP contribution < -0.4 is 5.32 Å². The second kappa shape index (κ2) is 5.79. The van der Waals surface area contributed by atoms with E-state index >= 15 is 0 Å². The summed E-state index contributed by atoms with van der Waals surface area (Å²) in [6, 6.07) is 10.2. The number of aliphatic hydroxyl groups excluding tert-OH is 1. The highest BCUT2D eigenvalue weighted by atomic mass is 19.1. The predicted octanol–water partition coefficient (Wildman–Crippen LogP) is 1.86. The van der Waals surface area contributed by atoms with Crippen molar-refractivity contribution in [3.05, 3.63) is 65.7 Å². The lowest BCUT2D eigenvalue weighted by Crippen LogP contribution is -2.46. The van der Waals surface area contributed by atoms with E-state index in [0.717, 1.165) is 17.8 Å². The monoisotopic (exact) mass is 274 g/mol. The normalized spacial score (nSPS) is 13.6. The molecule has 5 heteroatoms. The molecule has 0 fully saturated rings. The number of benzene rings is 1. The van der Waals surface area contributed by atoms with Gasteiger partial charge in [-0.05, 0) is 18.6 Å². The van der Waals surface area contributed by atoms with Crippen molar-refractivity contribution in [2.45, 2.75) is 12.5 Å². The maximum Gasteiger partial charge on any atom is 0.253 e. The topological polar surface area (TPSA) is 62.2 Å². The maximum absolute atomic E-state index is 13.1. The fraction of sp³-hybridized carbons (Fsp3) is 0.200. The molecule has 1 aromatic carbocycles. The fourth-order valence-electron chi connectivity index (χ4n) is 1.87. The Morgan fingerprint density at radius 3 is 2.65 bits per heavy atom. The number of pyridine rings is 1. The minimum absolute atomic E-state index is 0.112. The van der Waals surface area contributed by atoms with Crippen LogP contribution in [-0.4, -0.2) is 22.6 Å². The number of nitrogens with zero attached hydrogens (tertiary/aromatic N) is 1. The Morgan fingerprint density at radius 2 is 2.05 bits per heavy atom. The van der Waals surface area contributed by atoms with Gasteiger partial charge in [0.05, 0.1) is 23.9 Å². The largest absolute Gasteiger partial charge is 0.394 e. The van der Waals surface area contributed by atoms with Gasteiger partial charge in [0.2, 0.25) is 0 Å². The summed E-state index contributed by atoms with van der Waals surface area (Å²) in [5.74, 6) is -1.07. The van der Waals surface area contributed by atoms with Crippen molar-refractivity contribution in [2.75, 3.05) is 6.61 Å². The third-order valence-corrected chi connectivity index (χ3v) is 3.08. The summed E-state index contributed by atoms with van der Waals surface area (Å²) in [7, 11) is 0. The lowest BCUT2D eigenvalue weighted by molar-refractivity contribution is 0.0848. The molecule has 2 aromatic rings. The lowest BCUT2D eigenvalue weighted by Gasteiger charge is -2.29. The number of carbonyl (C=O) groups excluding carboxylic acids is 1. The van der Waals surface area contributed by atoms with Gasteiger partial charge < -0.3 is 10.4 Å². The summed E-state index contributed by atoms with van der Waals surface area (Å²) >= 11 is 0. The van der Waals surface area contributed by atoms with E-state index in [1.54, 1.807) is 19.1 Å². The lowest BCUT2D eigenvalue weighted by atomic mass is 9.92. The van der Waals surface area contributed by atoms with Gasteiger partial charge in [-0.1, -0.05) is 30.3 Å². The molecule has 0 bridgehead atoms. The quantitative estimate of drug-likeness (QED) is 0.894. The average molecular weight is 274 g/mol. The van der Waals surface area contributed by atoms with Crippen LogP contribution in [0.15, 0.2) is 48.8 Å². The van der Waals surface area contributed by atoms with Gasteiger partial charge >= 0.3 is 0 Å². The van der Waals surface area contributed by atoms with Crippen LogP contribution in [0.3, 0.4) is 0 Å². The zero-order chi connectivity index (χ0) is 14.6. The summed E-state index contributed by atoms with van der Waals surface area (Å²) in [5.41, 5.74) is -0.0641. The number of rotatable bonds is 4. The van der Waals surface area contributed by atoms with E-state index in [1.165, 1.54) is 6.20 Å². The summed E-state index contributed by atoms with van der Waals surface area (Å²) in [5, 5.41) is 12.3. The van der Waals surface area contributed by atoms with Crippen molar-refractivity contribution in [1.29, 1.82) is 0 Å². The number of amides is 1. The highest BCUT2D eigenvalue weighted by molar-refractivity contribution is 5.94. The van der Waals surface area contributed by atoms with Crippen molar-refractivity contribution in [3.8, 4) is 0 Å². The Morgan fingerprint density at radius 1 is 1.35 bits per heavy atom. The van der Waals surface area contributed by atoms with E-state index < -0.39 is 17.3 Å². The van der Waals surface area contributed by atoms with E-state index in [4.69, 9.17) is 0 Å². The molecule has 4 nitrogen and oxygen atoms in total. The van der Waals surface area contributed by atoms with Crippen molar-refractivity contribution in [2.24, 2.45) is 0 Å². The molecule has 0 aliphatic rings. The minimum atomic E-state index is -0.940. The number of aromatic nitrogens is 1. The minimum Gasteiger partial charge on any atom is -0.394 e. The van der Waals surface area contributed by atoms with Crippen molar-refractivity contribution >= 4 is 5.91 Å². The van der Waals surface area contributed by atoms with Crippen LogP contribution in [0.5, 0.6) is 0 Å². The molecule has 0 aliphatic heterocycles. The summed E-state index contributed by atoms with van der Waals surface area (Å²) in [6.07, 6.45) is 2.31. The van der Waals surface area contributed by atoms with Crippen molar-refractivity contribution < 1.29 is 14.3 Å². The molecular formula is C15H15FN2O2. The van der Waals surface area contributed by atoms with Gasteiger partial charge in [-0.25, -0.2) is 4.39 Å². The van der Waals surface area contributed by atoms with Gasteiger partial charge in [-0.2, -0.15) is 0 Å². The third kappa shape index (κ3) is 3.00.